The molecule has 3 aromatic rings. The van der Waals surface area contributed by atoms with Gasteiger partial charge in [0, 0.05) is 31.5 Å². The van der Waals surface area contributed by atoms with Gasteiger partial charge in [-0.2, -0.15) is 0 Å². The summed E-state index contributed by atoms with van der Waals surface area (Å²) in [5.74, 6) is 1.32. The third-order valence-corrected chi connectivity index (χ3v) is 5.38. The average Bonchev–Trinajstić information content (AvgIpc) is 3.36. The van der Waals surface area contributed by atoms with Crippen LogP contribution in [-0.2, 0) is 0 Å². The van der Waals surface area contributed by atoms with Crippen LogP contribution in [0.2, 0.25) is 0 Å². The number of imidazole rings is 1. The van der Waals surface area contributed by atoms with Crippen molar-refractivity contribution in [3.05, 3.63) is 42.1 Å². The molecule has 120 valence electrons. The summed E-state index contributed by atoms with van der Waals surface area (Å²) in [5.41, 5.74) is 0. The Labute approximate surface area is 138 Å². The molecule has 1 fully saturated rings. The van der Waals surface area contributed by atoms with Crippen molar-refractivity contribution in [2.45, 2.75) is 31.8 Å². The number of piperidine rings is 1. The molecule has 0 aromatic carbocycles. The van der Waals surface area contributed by atoms with Gasteiger partial charge >= 0.3 is 0 Å². The highest BCUT2D eigenvalue weighted by molar-refractivity contribution is 7.13. The summed E-state index contributed by atoms with van der Waals surface area (Å²) in [6.07, 6.45) is 8.04. The van der Waals surface area contributed by atoms with Crippen molar-refractivity contribution in [1.82, 2.24) is 24.6 Å². The van der Waals surface area contributed by atoms with Crippen LogP contribution < -0.4 is 0 Å². The first-order valence-corrected chi connectivity index (χ1v) is 8.78. The van der Waals surface area contributed by atoms with Gasteiger partial charge in [0.25, 0.3) is 5.89 Å². The Balaban J connectivity index is 1.41. The maximum atomic E-state index is 5.87. The van der Waals surface area contributed by atoms with Crippen molar-refractivity contribution in [2.24, 2.45) is 0 Å². The number of rotatable bonds is 4. The van der Waals surface area contributed by atoms with Crippen molar-refractivity contribution in [1.29, 1.82) is 0 Å². The molecule has 7 heteroatoms. The number of likely N-dealkylation sites (tertiary alicyclic amines) is 1. The predicted octanol–water partition coefficient (Wildman–Crippen LogP) is 3.39. The molecule has 6 nitrogen and oxygen atoms in total. The lowest BCUT2D eigenvalue weighted by molar-refractivity contribution is 0.127. The number of hydrogen-bond donors (Lipinski definition) is 0. The van der Waals surface area contributed by atoms with E-state index in [9.17, 15) is 0 Å². The summed E-state index contributed by atoms with van der Waals surface area (Å²) in [6, 6.07) is 4.70. The van der Waals surface area contributed by atoms with Crippen LogP contribution in [0, 0.1) is 0 Å². The van der Waals surface area contributed by atoms with Crippen LogP contribution in [0.5, 0.6) is 0 Å². The number of nitrogens with zero attached hydrogens (tertiary/aromatic N) is 5. The summed E-state index contributed by atoms with van der Waals surface area (Å²) in [6.45, 7) is 4.20. The minimum absolute atomic E-state index is 0.153. The van der Waals surface area contributed by atoms with Gasteiger partial charge in [-0.25, -0.2) is 4.98 Å². The lowest BCUT2D eigenvalue weighted by atomic mass is 10.0. The maximum absolute atomic E-state index is 5.87. The Bertz CT molecular complexity index is 728. The third-order valence-electron chi connectivity index (χ3n) is 4.52. The zero-order chi connectivity index (χ0) is 15.6. The molecule has 0 saturated carbocycles. The molecule has 1 aliphatic heterocycles. The molecule has 0 N–H and O–H groups in total. The molecule has 4 rings (SSSR count). The first-order chi connectivity index (χ1) is 11.3. The van der Waals surface area contributed by atoms with Crippen molar-refractivity contribution >= 4 is 11.3 Å². The van der Waals surface area contributed by atoms with E-state index in [4.69, 9.17) is 4.42 Å². The van der Waals surface area contributed by atoms with Crippen LogP contribution in [0.15, 0.2) is 40.7 Å². The second-order valence-corrected chi connectivity index (χ2v) is 6.82. The molecule has 0 spiro atoms. The minimum Gasteiger partial charge on any atom is -0.418 e. The van der Waals surface area contributed by atoms with Crippen molar-refractivity contribution in [3.8, 4) is 10.8 Å². The van der Waals surface area contributed by atoms with Crippen LogP contribution >= 0.6 is 11.3 Å². The number of thiophene rings is 1. The standard InChI is InChI=1S/C16H19N5OS/c1-12(15-18-19-16(22-15)14-3-2-10-23-14)20-7-4-13(5-8-20)21-9-6-17-11-21/h2-3,6,9-13H,4-5,7-8H2,1H3/t12-/m0/s1. The van der Waals surface area contributed by atoms with Gasteiger partial charge in [-0.3, -0.25) is 4.90 Å². The Hall–Kier alpha value is -1.99. The summed E-state index contributed by atoms with van der Waals surface area (Å²) >= 11 is 1.62. The van der Waals surface area contributed by atoms with E-state index >= 15 is 0 Å². The molecular formula is C16H19N5OS. The van der Waals surface area contributed by atoms with Crippen LogP contribution in [0.25, 0.3) is 10.8 Å². The van der Waals surface area contributed by atoms with Gasteiger partial charge in [0.15, 0.2) is 0 Å². The fourth-order valence-electron chi connectivity index (χ4n) is 3.12. The molecule has 1 atom stereocenters. The van der Waals surface area contributed by atoms with E-state index in [0.717, 1.165) is 30.8 Å². The Morgan fingerprint density at radius 2 is 2.17 bits per heavy atom. The second kappa shape index (κ2) is 6.25. The van der Waals surface area contributed by atoms with E-state index < -0.39 is 0 Å². The fraction of sp³-hybridized carbons (Fsp3) is 0.438. The van der Waals surface area contributed by atoms with Crippen LogP contribution in [-0.4, -0.2) is 37.7 Å². The quantitative estimate of drug-likeness (QED) is 0.734. The minimum atomic E-state index is 0.153. The third kappa shape index (κ3) is 2.94. The monoisotopic (exact) mass is 329 g/mol. The highest BCUT2D eigenvalue weighted by Gasteiger charge is 2.27. The van der Waals surface area contributed by atoms with Gasteiger partial charge < -0.3 is 8.98 Å². The Morgan fingerprint density at radius 3 is 2.87 bits per heavy atom. The largest absolute Gasteiger partial charge is 0.418 e. The molecule has 0 radical (unpaired) electrons. The van der Waals surface area contributed by atoms with E-state index in [1.165, 1.54) is 0 Å². The number of aromatic nitrogens is 4. The second-order valence-electron chi connectivity index (χ2n) is 5.88. The fourth-order valence-corrected chi connectivity index (χ4v) is 3.76. The van der Waals surface area contributed by atoms with Gasteiger partial charge in [0.05, 0.1) is 17.2 Å². The van der Waals surface area contributed by atoms with Crippen molar-refractivity contribution in [3.63, 3.8) is 0 Å². The molecule has 0 unspecified atom stereocenters. The van der Waals surface area contributed by atoms with E-state index in [1.807, 2.05) is 30.0 Å². The van der Waals surface area contributed by atoms with Gasteiger partial charge in [-0.05, 0) is 31.2 Å². The normalized spacial score (nSPS) is 18.3. The molecule has 23 heavy (non-hydrogen) atoms. The smallest absolute Gasteiger partial charge is 0.257 e. The Kier molecular flexibility index (Phi) is 3.97. The lowest BCUT2D eigenvalue weighted by Gasteiger charge is -2.34. The average molecular weight is 329 g/mol. The number of hydrogen-bond acceptors (Lipinski definition) is 6. The van der Waals surface area contributed by atoms with Gasteiger partial charge in [-0.15, -0.1) is 21.5 Å². The summed E-state index contributed by atoms with van der Waals surface area (Å²) in [4.78, 5) is 7.58. The molecule has 1 aliphatic rings. The maximum Gasteiger partial charge on any atom is 0.257 e. The zero-order valence-corrected chi connectivity index (χ0v) is 13.8. The lowest BCUT2D eigenvalue weighted by Crippen LogP contribution is -2.36. The van der Waals surface area contributed by atoms with Gasteiger partial charge in [-0.1, -0.05) is 6.07 Å². The van der Waals surface area contributed by atoms with Gasteiger partial charge in [0.1, 0.15) is 0 Å². The highest BCUT2D eigenvalue weighted by Crippen LogP contribution is 2.30. The van der Waals surface area contributed by atoms with E-state index in [1.54, 1.807) is 11.3 Å². The molecular weight excluding hydrogens is 310 g/mol. The first-order valence-electron chi connectivity index (χ1n) is 7.90. The van der Waals surface area contributed by atoms with E-state index in [2.05, 4.69) is 37.8 Å². The first kappa shape index (κ1) is 14.6. The van der Waals surface area contributed by atoms with Crippen LogP contribution in [0.1, 0.15) is 37.7 Å². The molecule has 3 aromatic heterocycles. The summed E-state index contributed by atoms with van der Waals surface area (Å²) in [7, 11) is 0. The highest BCUT2D eigenvalue weighted by atomic mass is 32.1. The van der Waals surface area contributed by atoms with E-state index in [0.29, 0.717) is 17.8 Å². The topological polar surface area (TPSA) is 60.0 Å². The molecule has 0 amide bonds. The van der Waals surface area contributed by atoms with E-state index in [-0.39, 0.29) is 6.04 Å². The SMILES string of the molecule is C[C@@H](c1nnc(-c2cccs2)o1)N1CCC(n2ccnc2)CC1. The Morgan fingerprint density at radius 1 is 1.30 bits per heavy atom. The van der Waals surface area contributed by atoms with Gasteiger partial charge in [0.2, 0.25) is 5.89 Å². The van der Waals surface area contributed by atoms with Crippen molar-refractivity contribution < 1.29 is 4.42 Å². The molecule has 4 heterocycles. The van der Waals surface area contributed by atoms with Crippen LogP contribution in [0.3, 0.4) is 0 Å². The zero-order valence-electron chi connectivity index (χ0n) is 13.0. The van der Waals surface area contributed by atoms with Crippen LogP contribution in [0.4, 0.5) is 0 Å². The molecule has 1 saturated heterocycles. The summed E-state index contributed by atoms with van der Waals surface area (Å²) in [5, 5.41) is 10.5. The van der Waals surface area contributed by atoms with Crippen molar-refractivity contribution in [2.75, 3.05) is 13.1 Å². The molecule has 0 bridgehead atoms. The predicted molar refractivity (Wildman–Crippen MR) is 88.1 cm³/mol. The molecule has 0 aliphatic carbocycles. The summed E-state index contributed by atoms with van der Waals surface area (Å²) < 4.78 is 8.09.